The number of nitrogens with zero attached hydrogens (tertiary/aromatic N) is 4. The van der Waals surface area contributed by atoms with Crippen LogP contribution in [0.5, 0.6) is 0 Å². The summed E-state index contributed by atoms with van der Waals surface area (Å²) < 4.78 is 8.90. The first kappa shape index (κ1) is 17.0. The van der Waals surface area contributed by atoms with Crippen molar-refractivity contribution in [2.75, 3.05) is 11.9 Å². The minimum atomic E-state index is 0.215. The largest absolute Gasteiger partial charge is 0.376 e. The Hall–Kier alpha value is -1.45. The fourth-order valence-corrected chi connectivity index (χ4v) is 3.79. The minimum Gasteiger partial charge on any atom is -0.376 e. The van der Waals surface area contributed by atoms with Crippen LogP contribution < -0.4 is 5.32 Å². The summed E-state index contributed by atoms with van der Waals surface area (Å²) in [6, 6.07) is 8.31. The van der Waals surface area contributed by atoms with Crippen LogP contribution in [0.25, 0.3) is 11.2 Å². The van der Waals surface area contributed by atoms with E-state index in [1.165, 1.54) is 9.13 Å². The van der Waals surface area contributed by atoms with Crippen molar-refractivity contribution >= 4 is 51.2 Å². The fourth-order valence-electron chi connectivity index (χ4n) is 3.01. The smallest absolute Gasteiger partial charge is 0.226 e. The SMILES string of the molecule is Clc1nc(NCc2cccc(I)c2)c2ncn(C[C@@H]3CCCO3)c2n1. The van der Waals surface area contributed by atoms with Crippen molar-refractivity contribution in [3.63, 3.8) is 0 Å². The van der Waals surface area contributed by atoms with Gasteiger partial charge in [-0.3, -0.25) is 0 Å². The van der Waals surface area contributed by atoms with Crippen molar-refractivity contribution < 1.29 is 4.74 Å². The van der Waals surface area contributed by atoms with Crippen LogP contribution in [0.15, 0.2) is 30.6 Å². The maximum absolute atomic E-state index is 6.14. The van der Waals surface area contributed by atoms with Gasteiger partial charge < -0.3 is 14.6 Å². The van der Waals surface area contributed by atoms with E-state index in [1.807, 2.05) is 10.6 Å². The Bertz CT molecular complexity index is 894. The number of imidazole rings is 1. The van der Waals surface area contributed by atoms with Gasteiger partial charge >= 0.3 is 0 Å². The number of benzene rings is 1. The molecule has 2 aromatic heterocycles. The average Bonchev–Trinajstić information content (AvgIpc) is 3.24. The van der Waals surface area contributed by atoms with Crippen LogP contribution in [0.2, 0.25) is 5.28 Å². The Morgan fingerprint density at radius 3 is 3.08 bits per heavy atom. The van der Waals surface area contributed by atoms with Gasteiger partial charge in [0.05, 0.1) is 19.0 Å². The molecule has 1 fully saturated rings. The lowest BCUT2D eigenvalue weighted by atomic mass is 10.2. The summed E-state index contributed by atoms with van der Waals surface area (Å²) >= 11 is 8.44. The summed E-state index contributed by atoms with van der Waals surface area (Å²) in [5.74, 6) is 0.653. The molecule has 1 aromatic carbocycles. The van der Waals surface area contributed by atoms with E-state index >= 15 is 0 Å². The molecular weight excluding hydrogens is 453 g/mol. The van der Waals surface area contributed by atoms with Crippen LogP contribution in [-0.4, -0.2) is 32.2 Å². The standard InChI is InChI=1S/C17H17ClIN5O/c18-17-22-15(20-8-11-3-1-4-12(19)7-11)14-16(23-17)24(10-21-14)9-13-5-2-6-25-13/h1,3-4,7,10,13H,2,5-6,8-9H2,(H,20,22,23)/t13-/m0/s1. The minimum absolute atomic E-state index is 0.215. The number of hydrogen-bond donors (Lipinski definition) is 1. The van der Waals surface area contributed by atoms with E-state index < -0.39 is 0 Å². The third kappa shape index (κ3) is 3.88. The summed E-state index contributed by atoms with van der Waals surface area (Å²) in [6.45, 7) is 2.22. The first-order chi connectivity index (χ1) is 12.2. The number of ether oxygens (including phenoxy) is 1. The van der Waals surface area contributed by atoms with E-state index in [2.05, 4.69) is 61.1 Å². The van der Waals surface area contributed by atoms with E-state index in [0.29, 0.717) is 12.4 Å². The van der Waals surface area contributed by atoms with Gasteiger partial charge in [0.15, 0.2) is 17.0 Å². The van der Waals surface area contributed by atoms with Gasteiger partial charge in [-0.25, -0.2) is 4.98 Å². The van der Waals surface area contributed by atoms with Crippen LogP contribution in [0.3, 0.4) is 0 Å². The number of aromatic nitrogens is 4. The predicted molar refractivity (Wildman–Crippen MR) is 106 cm³/mol. The number of nitrogens with one attached hydrogen (secondary N) is 1. The molecule has 3 aromatic rings. The van der Waals surface area contributed by atoms with Crippen molar-refractivity contribution in [3.05, 3.63) is 45.0 Å². The van der Waals surface area contributed by atoms with Crippen LogP contribution >= 0.6 is 34.2 Å². The maximum Gasteiger partial charge on any atom is 0.226 e. The van der Waals surface area contributed by atoms with Crippen LogP contribution in [0.1, 0.15) is 18.4 Å². The summed E-state index contributed by atoms with van der Waals surface area (Å²) in [6.07, 6.45) is 4.17. The van der Waals surface area contributed by atoms with Crippen molar-refractivity contribution in [1.29, 1.82) is 0 Å². The molecule has 8 heteroatoms. The average molecular weight is 470 g/mol. The Morgan fingerprint density at radius 1 is 1.36 bits per heavy atom. The second-order valence-corrected chi connectivity index (χ2v) is 7.61. The number of anilines is 1. The summed E-state index contributed by atoms with van der Waals surface area (Å²) in [5, 5.41) is 3.55. The van der Waals surface area contributed by atoms with Gasteiger partial charge in [-0.2, -0.15) is 9.97 Å². The molecule has 3 heterocycles. The zero-order chi connectivity index (χ0) is 17.2. The normalized spacial score (nSPS) is 17.3. The Labute approximate surface area is 164 Å². The van der Waals surface area contributed by atoms with Crippen LogP contribution in [0.4, 0.5) is 5.82 Å². The first-order valence-electron chi connectivity index (χ1n) is 8.17. The second-order valence-electron chi connectivity index (χ2n) is 6.03. The molecule has 0 saturated carbocycles. The van der Waals surface area contributed by atoms with Gasteiger partial charge in [-0.15, -0.1) is 0 Å². The van der Waals surface area contributed by atoms with Crippen molar-refractivity contribution in [1.82, 2.24) is 19.5 Å². The van der Waals surface area contributed by atoms with Crippen molar-refractivity contribution in [2.24, 2.45) is 0 Å². The third-order valence-electron chi connectivity index (χ3n) is 4.21. The number of hydrogen-bond acceptors (Lipinski definition) is 5. The highest BCUT2D eigenvalue weighted by Gasteiger charge is 2.19. The van der Waals surface area contributed by atoms with E-state index in [-0.39, 0.29) is 11.4 Å². The van der Waals surface area contributed by atoms with Gasteiger partial charge in [0, 0.05) is 16.7 Å². The molecule has 0 radical (unpaired) electrons. The van der Waals surface area contributed by atoms with Gasteiger partial charge in [0.25, 0.3) is 0 Å². The molecule has 4 rings (SSSR count). The molecule has 0 spiro atoms. The summed E-state index contributed by atoms with van der Waals surface area (Å²) in [7, 11) is 0. The lowest BCUT2D eigenvalue weighted by molar-refractivity contribution is 0.0978. The molecule has 1 aliphatic heterocycles. The van der Waals surface area contributed by atoms with Gasteiger partial charge in [-0.1, -0.05) is 12.1 Å². The van der Waals surface area contributed by atoms with E-state index in [9.17, 15) is 0 Å². The lowest BCUT2D eigenvalue weighted by Crippen LogP contribution is -2.14. The molecule has 1 aliphatic rings. The highest BCUT2D eigenvalue weighted by molar-refractivity contribution is 14.1. The molecule has 0 amide bonds. The molecule has 0 aliphatic carbocycles. The molecule has 0 bridgehead atoms. The van der Waals surface area contributed by atoms with Gasteiger partial charge in [0.1, 0.15) is 0 Å². The highest BCUT2D eigenvalue weighted by Crippen LogP contribution is 2.23. The molecule has 0 unspecified atom stereocenters. The number of rotatable bonds is 5. The highest BCUT2D eigenvalue weighted by atomic mass is 127. The number of halogens is 2. The fraction of sp³-hybridized carbons (Fsp3) is 0.353. The van der Waals surface area contributed by atoms with E-state index in [1.54, 1.807) is 6.33 Å². The van der Waals surface area contributed by atoms with E-state index in [4.69, 9.17) is 16.3 Å². The van der Waals surface area contributed by atoms with Crippen molar-refractivity contribution in [3.8, 4) is 0 Å². The molecule has 1 atom stereocenters. The molecule has 6 nitrogen and oxygen atoms in total. The molecule has 25 heavy (non-hydrogen) atoms. The molecule has 1 saturated heterocycles. The lowest BCUT2D eigenvalue weighted by Gasteiger charge is -2.11. The Balaban J connectivity index is 1.59. The van der Waals surface area contributed by atoms with Crippen LogP contribution in [0, 0.1) is 3.57 Å². The van der Waals surface area contributed by atoms with Crippen molar-refractivity contribution in [2.45, 2.75) is 32.0 Å². The third-order valence-corrected chi connectivity index (χ3v) is 5.05. The summed E-state index contributed by atoms with van der Waals surface area (Å²) in [4.78, 5) is 13.2. The van der Waals surface area contributed by atoms with Crippen LogP contribution in [-0.2, 0) is 17.8 Å². The topological polar surface area (TPSA) is 64.9 Å². The first-order valence-corrected chi connectivity index (χ1v) is 9.63. The molecule has 130 valence electrons. The van der Waals surface area contributed by atoms with Gasteiger partial charge in [-0.05, 0) is 64.7 Å². The Kier molecular flexibility index (Phi) is 5.05. The predicted octanol–water partition coefficient (Wildman–Crippen LogP) is 3.88. The second kappa shape index (κ2) is 7.43. The monoisotopic (exact) mass is 469 g/mol. The quantitative estimate of drug-likeness (QED) is 0.454. The van der Waals surface area contributed by atoms with Gasteiger partial charge in [0.2, 0.25) is 5.28 Å². The maximum atomic E-state index is 6.14. The Morgan fingerprint density at radius 2 is 2.28 bits per heavy atom. The molecule has 1 N–H and O–H groups in total. The molecular formula is C17H17ClIN5O. The zero-order valence-electron chi connectivity index (χ0n) is 13.5. The van der Waals surface area contributed by atoms with E-state index in [0.717, 1.165) is 37.2 Å². The zero-order valence-corrected chi connectivity index (χ0v) is 16.4. The number of fused-ring (bicyclic) bond motifs is 1. The summed E-state index contributed by atoms with van der Waals surface area (Å²) in [5.41, 5.74) is 2.64.